The first-order valence-electron chi connectivity index (χ1n) is 7.86. The van der Waals surface area contributed by atoms with E-state index in [0.717, 1.165) is 29.7 Å². The lowest BCUT2D eigenvalue weighted by atomic mass is 9.92. The van der Waals surface area contributed by atoms with Crippen LogP contribution in [0.15, 0.2) is 27.6 Å². The fourth-order valence-electron chi connectivity index (χ4n) is 3.39. The third-order valence-corrected chi connectivity index (χ3v) is 5.76. The van der Waals surface area contributed by atoms with E-state index in [1.165, 1.54) is 6.07 Å². The van der Waals surface area contributed by atoms with Gasteiger partial charge in [-0.05, 0) is 49.4 Å². The van der Waals surface area contributed by atoms with Crippen LogP contribution in [0, 0.1) is 6.92 Å². The van der Waals surface area contributed by atoms with Gasteiger partial charge in [0.25, 0.3) is 10.0 Å². The van der Waals surface area contributed by atoms with Gasteiger partial charge in [-0.3, -0.25) is 9.52 Å². The number of nitrogens with zero attached hydrogens (tertiary/aromatic N) is 2. The molecule has 0 radical (unpaired) electrons. The van der Waals surface area contributed by atoms with E-state index in [4.69, 9.17) is 4.52 Å². The first-order chi connectivity index (χ1) is 11.4. The summed E-state index contributed by atoms with van der Waals surface area (Å²) < 4.78 is 32.6. The molecule has 0 spiro atoms. The zero-order valence-electron chi connectivity index (χ0n) is 13.2. The molecule has 2 aromatic rings. The number of rotatable bonds is 3. The molecule has 4 rings (SSSR count). The Bertz CT molecular complexity index is 916. The molecule has 7 nitrogen and oxygen atoms in total. The number of amides is 1. The second-order valence-corrected chi connectivity index (χ2v) is 7.85. The summed E-state index contributed by atoms with van der Waals surface area (Å²) in [6, 6.07) is 4.86. The highest BCUT2D eigenvalue weighted by atomic mass is 32.2. The van der Waals surface area contributed by atoms with Gasteiger partial charge in [0, 0.05) is 19.0 Å². The van der Waals surface area contributed by atoms with Gasteiger partial charge in [-0.25, -0.2) is 8.42 Å². The lowest BCUT2D eigenvalue weighted by Gasteiger charge is -2.35. The summed E-state index contributed by atoms with van der Waals surface area (Å²) in [5.41, 5.74) is 2.75. The second-order valence-electron chi connectivity index (χ2n) is 6.17. The summed E-state index contributed by atoms with van der Waals surface area (Å²) in [6.07, 6.45) is 2.62. The van der Waals surface area contributed by atoms with Gasteiger partial charge in [0.05, 0.1) is 10.6 Å². The minimum absolute atomic E-state index is 0.121. The van der Waals surface area contributed by atoms with Crippen molar-refractivity contribution in [2.45, 2.75) is 37.5 Å². The highest BCUT2D eigenvalue weighted by Gasteiger charge is 2.31. The lowest BCUT2D eigenvalue weighted by molar-refractivity contribution is -0.119. The van der Waals surface area contributed by atoms with Crippen molar-refractivity contribution >= 4 is 27.4 Å². The number of nitrogens with one attached hydrogen (secondary N) is 1. The van der Waals surface area contributed by atoms with Crippen LogP contribution < -0.4 is 9.62 Å². The molecule has 0 saturated carbocycles. The Balaban J connectivity index is 1.76. The van der Waals surface area contributed by atoms with Gasteiger partial charge in [0.15, 0.2) is 5.82 Å². The van der Waals surface area contributed by atoms with Crippen LogP contribution in [0.3, 0.4) is 0 Å². The van der Waals surface area contributed by atoms with Crippen LogP contribution in [0.2, 0.25) is 0 Å². The monoisotopic (exact) mass is 347 g/mol. The van der Waals surface area contributed by atoms with Crippen molar-refractivity contribution in [3.8, 4) is 0 Å². The van der Waals surface area contributed by atoms with Gasteiger partial charge in [0.2, 0.25) is 5.91 Å². The predicted octanol–water partition coefficient (Wildman–Crippen LogP) is 2.01. The molecular weight excluding hydrogens is 330 g/mol. The largest absolute Gasteiger partial charge is 0.360 e. The topological polar surface area (TPSA) is 92.5 Å². The fraction of sp³-hybridized carbons (Fsp3) is 0.375. The van der Waals surface area contributed by atoms with Gasteiger partial charge >= 0.3 is 0 Å². The second kappa shape index (κ2) is 5.34. The third-order valence-electron chi connectivity index (χ3n) is 4.43. The molecule has 0 unspecified atom stereocenters. The molecule has 2 aliphatic heterocycles. The number of aryl methyl sites for hydroxylation is 3. The van der Waals surface area contributed by atoms with E-state index in [0.29, 0.717) is 25.1 Å². The van der Waals surface area contributed by atoms with Gasteiger partial charge < -0.3 is 9.42 Å². The Morgan fingerprint density at radius 3 is 2.62 bits per heavy atom. The van der Waals surface area contributed by atoms with E-state index < -0.39 is 10.0 Å². The number of carbonyl (C=O) groups excluding carboxylic acids is 1. The van der Waals surface area contributed by atoms with Crippen molar-refractivity contribution in [3.05, 3.63) is 35.1 Å². The summed E-state index contributed by atoms with van der Waals surface area (Å²) in [5.74, 6) is 0.813. The number of hydrogen-bond acceptors (Lipinski definition) is 5. The maximum absolute atomic E-state index is 12.7. The summed E-state index contributed by atoms with van der Waals surface area (Å²) in [5, 5.41) is 3.67. The smallest absolute Gasteiger partial charge is 0.263 e. The standard InChI is InChI=1S/C16H17N3O4S/c1-10-7-14(17-23-10)18-24(21,22)13-8-11-3-2-6-19-15(20)5-4-12(9-13)16(11)19/h7-9H,2-6H2,1H3,(H,17,18). The van der Waals surface area contributed by atoms with Crippen LogP contribution in [0.1, 0.15) is 29.7 Å². The summed E-state index contributed by atoms with van der Waals surface area (Å²) in [7, 11) is -3.75. The molecule has 1 aromatic heterocycles. The molecule has 1 N–H and O–H groups in total. The van der Waals surface area contributed by atoms with E-state index in [1.807, 2.05) is 0 Å². The molecule has 3 heterocycles. The molecule has 24 heavy (non-hydrogen) atoms. The molecule has 0 atom stereocenters. The zero-order chi connectivity index (χ0) is 16.9. The normalized spacial score (nSPS) is 16.9. The molecule has 0 bridgehead atoms. The van der Waals surface area contributed by atoms with Crippen molar-refractivity contribution in [1.82, 2.24) is 5.16 Å². The molecule has 1 amide bonds. The van der Waals surface area contributed by atoms with Gasteiger partial charge in [0.1, 0.15) is 5.76 Å². The van der Waals surface area contributed by atoms with E-state index in [1.54, 1.807) is 24.0 Å². The van der Waals surface area contributed by atoms with Crippen LogP contribution >= 0.6 is 0 Å². The summed E-state index contributed by atoms with van der Waals surface area (Å²) in [6.45, 7) is 2.40. The number of carbonyl (C=O) groups is 1. The van der Waals surface area contributed by atoms with E-state index in [-0.39, 0.29) is 16.6 Å². The fourth-order valence-corrected chi connectivity index (χ4v) is 4.47. The van der Waals surface area contributed by atoms with Gasteiger partial charge in [-0.2, -0.15) is 0 Å². The van der Waals surface area contributed by atoms with E-state index >= 15 is 0 Å². The Morgan fingerprint density at radius 2 is 1.92 bits per heavy atom. The minimum atomic E-state index is -3.75. The van der Waals surface area contributed by atoms with Crippen LogP contribution in [0.25, 0.3) is 0 Å². The maximum atomic E-state index is 12.7. The minimum Gasteiger partial charge on any atom is -0.360 e. The average molecular weight is 347 g/mol. The average Bonchev–Trinajstić information content (AvgIpc) is 2.95. The molecule has 0 saturated heterocycles. The zero-order valence-corrected chi connectivity index (χ0v) is 14.0. The molecule has 2 aliphatic rings. The number of aromatic nitrogens is 1. The first kappa shape index (κ1) is 15.2. The predicted molar refractivity (Wildman–Crippen MR) is 87.5 cm³/mol. The van der Waals surface area contributed by atoms with Crippen LogP contribution in [-0.2, 0) is 27.7 Å². The number of benzene rings is 1. The van der Waals surface area contributed by atoms with Crippen molar-refractivity contribution in [2.75, 3.05) is 16.2 Å². The molecular formula is C16H17N3O4S. The van der Waals surface area contributed by atoms with Crippen molar-refractivity contribution in [1.29, 1.82) is 0 Å². The van der Waals surface area contributed by atoms with Crippen molar-refractivity contribution in [3.63, 3.8) is 0 Å². The Morgan fingerprint density at radius 1 is 1.17 bits per heavy atom. The van der Waals surface area contributed by atoms with Gasteiger partial charge in [-0.1, -0.05) is 5.16 Å². The summed E-state index contributed by atoms with van der Waals surface area (Å²) >= 11 is 0. The molecule has 0 aliphatic carbocycles. The Kier molecular flexibility index (Phi) is 3.38. The van der Waals surface area contributed by atoms with E-state index in [9.17, 15) is 13.2 Å². The van der Waals surface area contributed by atoms with Crippen LogP contribution in [-0.4, -0.2) is 26.0 Å². The lowest BCUT2D eigenvalue weighted by Crippen LogP contribution is -2.39. The van der Waals surface area contributed by atoms with E-state index in [2.05, 4.69) is 9.88 Å². The van der Waals surface area contributed by atoms with Crippen LogP contribution in [0.4, 0.5) is 11.5 Å². The van der Waals surface area contributed by atoms with Crippen LogP contribution in [0.5, 0.6) is 0 Å². The highest BCUT2D eigenvalue weighted by molar-refractivity contribution is 7.92. The van der Waals surface area contributed by atoms with Crippen molar-refractivity contribution in [2.24, 2.45) is 0 Å². The van der Waals surface area contributed by atoms with Gasteiger partial charge in [-0.15, -0.1) is 0 Å². The molecule has 1 aromatic carbocycles. The quantitative estimate of drug-likeness (QED) is 0.917. The number of sulfonamides is 1. The number of hydrogen-bond donors (Lipinski definition) is 1. The Hall–Kier alpha value is -2.35. The highest BCUT2D eigenvalue weighted by Crippen LogP contribution is 2.37. The third kappa shape index (κ3) is 2.47. The molecule has 8 heteroatoms. The molecule has 126 valence electrons. The Labute approximate surface area is 139 Å². The summed E-state index contributed by atoms with van der Waals surface area (Å²) in [4.78, 5) is 14.1. The molecule has 0 fully saturated rings. The maximum Gasteiger partial charge on any atom is 0.263 e. The number of anilines is 2. The SMILES string of the molecule is Cc1cc(NS(=O)(=O)c2cc3c4c(c2)CCC(=O)N4CCC3)no1. The first-order valence-corrected chi connectivity index (χ1v) is 9.35. The van der Waals surface area contributed by atoms with Crippen molar-refractivity contribution < 1.29 is 17.7 Å².